The highest BCUT2D eigenvalue weighted by Crippen LogP contribution is 2.25. The van der Waals surface area contributed by atoms with Crippen LogP contribution in [0.2, 0.25) is 0 Å². The van der Waals surface area contributed by atoms with E-state index in [0.29, 0.717) is 18.4 Å². The lowest BCUT2D eigenvalue weighted by Gasteiger charge is -2.33. The summed E-state index contributed by atoms with van der Waals surface area (Å²) in [6, 6.07) is 0. The van der Waals surface area contributed by atoms with E-state index in [0.717, 1.165) is 4.57 Å². The third-order valence-corrected chi connectivity index (χ3v) is 3.07. The first-order chi connectivity index (χ1) is 8.52. The number of hydrogen-bond acceptors (Lipinski definition) is 5. The zero-order valence-electron chi connectivity index (χ0n) is 10.00. The largest absolute Gasteiger partial charge is 0.394 e. The van der Waals surface area contributed by atoms with Crippen molar-refractivity contribution in [3.8, 4) is 0 Å². The summed E-state index contributed by atoms with van der Waals surface area (Å²) in [5.41, 5.74) is -0.731. The summed E-state index contributed by atoms with van der Waals surface area (Å²) in [5.74, 6) is 0. The summed E-state index contributed by atoms with van der Waals surface area (Å²) in [6.45, 7) is 1.40. The number of nitrogens with zero attached hydrogens (tertiary/aromatic N) is 1. The Bertz CT molecular complexity index is 535. The van der Waals surface area contributed by atoms with Crippen molar-refractivity contribution in [1.82, 2.24) is 9.55 Å². The maximum atomic E-state index is 11.7. The molecule has 0 spiro atoms. The van der Waals surface area contributed by atoms with E-state index in [-0.39, 0.29) is 6.61 Å². The van der Waals surface area contributed by atoms with Crippen LogP contribution in [0.5, 0.6) is 0 Å². The lowest BCUT2D eigenvalue weighted by Crippen LogP contribution is -2.43. The number of nitrogens with one attached hydrogen (secondary N) is 1. The standard InChI is InChI=1S/C11H16N2O5/c1-6-4-13(11(17)12-9(6)16)10-8(15)3-2-7(5-14)18-10/h4,7-8,10,14-15H,2-3,5H2,1H3,(H,12,16,17)/t7-,8+,10+/m0/s1. The Morgan fingerprint density at radius 1 is 1.50 bits per heavy atom. The number of aromatic amines is 1. The number of ether oxygens (including phenoxy) is 1. The van der Waals surface area contributed by atoms with Gasteiger partial charge < -0.3 is 14.9 Å². The van der Waals surface area contributed by atoms with Crippen molar-refractivity contribution in [1.29, 1.82) is 0 Å². The van der Waals surface area contributed by atoms with Crippen LogP contribution in [0, 0.1) is 6.92 Å². The molecule has 0 aromatic carbocycles. The minimum absolute atomic E-state index is 0.166. The van der Waals surface area contributed by atoms with Gasteiger partial charge >= 0.3 is 5.69 Å². The quantitative estimate of drug-likeness (QED) is 0.621. The lowest BCUT2D eigenvalue weighted by atomic mass is 10.1. The molecule has 2 heterocycles. The zero-order chi connectivity index (χ0) is 13.3. The Balaban J connectivity index is 2.37. The van der Waals surface area contributed by atoms with Crippen molar-refractivity contribution in [2.75, 3.05) is 6.61 Å². The van der Waals surface area contributed by atoms with Gasteiger partial charge in [-0.2, -0.15) is 0 Å². The van der Waals surface area contributed by atoms with Crippen molar-refractivity contribution >= 4 is 0 Å². The predicted octanol–water partition coefficient (Wildman–Crippen LogP) is -1.12. The number of aliphatic hydroxyl groups is 2. The molecule has 100 valence electrons. The van der Waals surface area contributed by atoms with Gasteiger partial charge in [0.2, 0.25) is 0 Å². The molecule has 2 rings (SSSR count). The number of aromatic nitrogens is 2. The van der Waals surface area contributed by atoms with Crippen LogP contribution in [0.25, 0.3) is 0 Å². The number of H-pyrrole nitrogens is 1. The topological polar surface area (TPSA) is 105 Å². The van der Waals surface area contributed by atoms with Crippen molar-refractivity contribution in [3.05, 3.63) is 32.6 Å². The van der Waals surface area contributed by atoms with Crippen LogP contribution in [0.4, 0.5) is 0 Å². The second-order valence-electron chi connectivity index (χ2n) is 4.45. The highest BCUT2D eigenvalue weighted by atomic mass is 16.5. The fourth-order valence-corrected chi connectivity index (χ4v) is 2.02. The Hall–Kier alpha value is -1.44. The number of hydrogen-bond donors (Lipinski definition) is 3. The monoisotopic (exact) mass is 256 g/mol. The molecular weight excluding hydrogens is 240 g/mol. The van der Waals surface area contributed by atoms with Gasteiger partial charge in [-0.15, -0.1) is 0 Å². The van der Waals surface area contributed by atoms with Crippen molar-refractivity contribution in [2.45, 2.75) is 38.2 Å². The molecule has 0 unspecified atom stereocenters. The summed E-state index contributed by atoms with van der Waals surface area (Å²) in [5, 5.41) is 18.9. The normalized spacial score (nSPS) is 28.3. The summed E-state index contributed by atoms with van der Waals surface area (Å²) in [7, 11) is 0. The highest BCUT2D eigenvalue weighted by molar-refractivity contribution is 5.02. The second kappa shape index (κ2) is 5.05. The molecular formula is C11H16N2O5. The van der Waals surface area contributed by atoms with Crippen LogP contribution in [0.1, 0.15) is 24.6 Å². The third kappa shape index (κ3) is 2.38. The van der Waals surface area contributed by atoms with E-state index in [1.807, 2.05) is 0 Å². The van der Waals surface area contributed by atoms with Gasteiger partial charge in [-0.25, -0.2) is 4.79 Å². The van der Waals surface area contributed by atoms with Crippen molar-refractivity contribution in [3.63, 3.8) is 0 Å². The van der Waals surface area contributed by atoms with Crippen LogP contribution >= 0.6 is 0 Å². The molecule has 3 atom stereocenters. The molecule has 18 heavy (non-hydrogen) atoms. The summed E-state index contributed by atoms with van der Waals surface area (Å²) in [4.78, 5) is 25.1. The number of aliphatic hydroxyl groups excluding tert-OH is 2. The van der Waals surface area contributed by atoms with Crippen LogP contribution in [-0.2, 0) is 4.74 Å². The zero-order valence-corrected chi connectivity index (χ0v) is 10.00. The van der Waals surface area contributed by atoms with Gasteiger partial charge in [-0.05, 0) is 19.8 Å². The fourth-order valence-electron chi connectivity index (χ4n) is 2.02. The SMILES string of the molecule is Cc1cn([C@@H]2O[C@H](CO)CC[C@H]2O)c(=O)[nH]c1=O. The van der Waals surface area contributed by atoms with Crippen molar-refractivity contribution in [2.24, 2.45) is 0 Å². The average molecular weight is 256 g/mol. The molecule has 1 fully saturated rings. The van der Waals surface area contributed by atoms with Gasteiger partial charge in [-0.1, -0.05) is 0 Å². The molecule has 0 aliphatic carbocycles. The van der Waals surface area contributed by atoms with Crippen LogP contribution in [-0.4, -0.2) is 38.6 Å². The molecule has 0 amide bonds. The molecule has 7 heteroatoms. The first-order valence-corrected chi connectivity index (χ1v) is 5.79. The van der Waals surface area contributed by atoms with Gasteiger partial charge in [-0.3, -0.25) is 14.3 Å². The number of rotatable bonds is 2. The molecule has 0 radical (unpaired) electrons. The summed E-state index contributed by atoms with van der Waals surface area (Å²) in [6.07, 6.45) is 0.202. The highest BCUT2D eigenvalue weighted by Gasteiger charge is 2.31. The van der Waals surface area contributed by atoms with E-state index in [1.54, 1.807) is 6.92 Å². The predicted molar refractivity (Wildman–Crippen MR) is 62.3 cm³/mol. The molecule has 0 bridgehead atoms. The van der Waals surface area contributed by atoms with Crippen LogP contribution in [0.15, 0.2) is 15.8 Å². The fraction of sp³-hybridized carbons (Fsp3) is 0.636. The molecule has 1 saturated heterocycles. The summed E-state index contributed by atoms with van der Waals surface area (Å²) < 4.78 is 6.61. The molecule has 3 N–H and O–H groups in total. The van der Waals surface area contributed by atoms with Gasteiger partial charge in [0.15, 0.2) is 6.23 Å². The lowest BCUT2D eigenvalue weighted by molar-refractivity contribution is -0.165. The van der Waals surface area contributed by atoms with E-state index in [2.05, 4.69) is 4.98 Å². The summed E-state index contributed by atoms with van der Waals surface area (Å²) >= 11 is 0. The Kier molecular flexibility index (Phi) is 3.65. The molecule has 1 aliphatic rings. The van der Waals surface area contributed by atoms with E-state index >= 15 is 0 Å². The number of aryl methyl sites for hydroxylation is 1. The van der Waals surface area contributed by atoms with E-state index in [9.17, 15) is 14.7 Å². The second-order valence-corrected chi connectivity index (χ2v) is 4.45. The van der Waals surface area contributed by atoms with Gasteiger partial charge in [0, 0.05) is 11.8 Å². The van der Waals surface area contributed by atoms with E-state index < -0.39 is 29.7 Å². The minimum Gasteiger partial charge on any atom is -0.394 e. The van der Waals surface area contributed by atoms with E-state index in [1.165, 1.54) is 6.20 Å². The van der Waals surface area contributed by atoms with Gasteiger partial charge in [0.1, 0.15) is 0 Å². The smallest absolute Gasteiger partial charge is 0.330 e. The molecule has 0 saturated carbocycles. The maximum Gasteiger partial charge on any atom is 0.330 e. The molecule has 1 aromatic heterocycles. The Morgan fingerprint density at radius 2 is 2.22 bits per heavy atom. The molecule has 7 nitrogen and oxygen atoms in total. The Labute approximate surface area is 103 Å². The van der Waals surface area contributed by atoms with Gasteiger partial charge in [0.05, 0.1) is 18.8 Å². The molecule has 1 aliphatic heterocycles. The van der Waals surface area contributed by atoms with Crippen molar-refractivity contribution < 1.29 is 14.9 Å². The molecule has 1 aromatic rings. The third-order valence-electron chi connectivity index (χ3n) is 3.07. The maximum absolute atomic E-state index is 11.7. The average Bonchev–Trinajstić information content (AvgIpc) is 2.35. The van der Waals surface area contributed by atoms with Crippen LogP contribution in [0.3, 0.4) is 0 Å². The van der Waals surface area contributed by atoms with Gasteiger partial charge in [0.25, 0.3) is 5.56 Å². The minimum atomic E-state index is -0.876. The van der Waals surface area contributed by atoms with Crippen LogP contribution < -0.4 is 11.2 Å². The Morgan fingerprint density at radius 3 is 2.89 bits per heavy atom. The first kappa shape index (κ1) is 13.0. The first-order valence-electron chi connectivity index (χ1n) is 5.79. The van der Waals surface area contributed by atoms with E-state index in [4.69, 9.17) is 9.84 Å².